The minimum Gasteiger partial charge on any atom is -0.0652 e. The van der Waals surface area contributed by atoms with E-state index in [1.165, 1.54) is 11.1 Å². The van der Waals surface area contributed by atoms with Gasteiger partial charge < -0.3 is 0 Å². The van der Waals surface area contributed by atoms with Crippen LogP contribution in [0.3, 0.4) is 0 Å². The molecule has 0 aromatic carbocycles. The first-order valence-corrected chi connectivity index (χ1v) is 3.82. The first-order valence-electron chi connectivity index (χ1n) is 3.82. The average Bonchev–Trinajstić information content (AvgIpc) is 2.26. The molecule has 0 amide bonds. The molecule has 0 saturated heterocycles. The van der Waals surface area contributed by atoms with Gasteiger partial charge in [-0.2, -0.15) is 0 Å². The second-order valence-corrected chi connectivity index (χ2v) is 3.06. The number of rotatable bonds is 0. The summed E-state index contributed by atoms with van der Waals surface area (Å²) in [6, 6.07) is 0. The van der Waals surface area contributed by atoms with E-state index in [1.807, 2.05) is 0 Å². The fraction of sp³-hybridized carbons (Fsp3) is 0.0909. The van der Waals surface area contributed by atoms with E-state index >= 15 is 0 Å². The fourth-order valence-electron chi connectivity index (χ4n) is 1.84. The van der Waals surface area contributed by atoms with Crippen molar-refractivity contribution in [3.8, 4) is 0 Å². The van der Waals surface area contributed by atoms with Gasteiger partial charge in [0.15, 0.2) is 0 Å². The Morgan fingerprint density at radius 3 is 2.73 bits per heavy atom. The van der Waals surface area contributed by atoms with Crippen molar-refractivity contribution < 1.29 is 0 Å². The lowest BCUT2D eigenvalue weighted by molar-refractivity contribution is 0.676. The van der Waals surface area contributed by atoms with Crippen molar-refractivity contribution in [1.29, 1.82) is 0 Å². The summed E-state index contributed by atoms with van der Waals surface area (Å²) in [5.41, 5.74) is 2.82. The highest BCUT2D eigenvalue weighted by atomic mass is 14.4. The first-order chi connectivity index (χ1) is 5.42. The standard InChI is InChI=1S/C11H7/c1-2-7-11-8-6-10(11)5-4-9(11)3-1/h1-7H. The highest BCUT2D eigenvalue weighted by molar-refractivity contribution is 5.63. The molecule has 0 saturated carbocycles. The molecule has 3 aliphatic rings. The van der Waals surface area contributed by atoms with Gasteiger partial charge in [-0.3, -0.25) is 0 Å². The molecule has 0 fully saturated rings. The molecule has 0 aliphatic heterocycles. The van der Waals surface area contributed by atoms with Crippen LogP contribution in [0.2, 0.25) is 0 Å². The molecule has 0 aromatic rings. The highest BCUT2D eigenvalue weighted by Crippen LogP contribution is 2.50. The Morgan fingerprint density at radius 1 is 1.09 bits per heavy atom. The molecule has 0 heteroatoms. The fourth-order valence-corrected chi connectivity index (χ4v) is 1.84. The van der Waals surface area contributed by atoms with Crippen LogP contribution in [0.15, 0.2) is 53.7 Å². The van der Waals surface area contributed by atoms with Gasteiger partial charge in [0.1, 0.15) is 0 Å². The van der Waals surface area contributed by atoms with Crippen molar-refractivity contribution in [3.05, 3.63) is 59.8 Å². The molecule has 0 nitrogen and oxygen atoms in total. The van der Waals surface area contributed by atoms with Crippen LogP contribution in [0.4, 0.5) is 0 Å². The molecule has 3 aliphatic carbocycles. The Bertz CT molecular complexity index is 361. The summed E-state index contributed by atoms with van der Waals surface area (Å²) in [5.74, 6) is 0. The summed E-state index contributed by atoms with van der Waals surface area (Å²) in [4.78, 5) is 0. The monoisotopic (exact) mass is 139 g/mol. The first kappa shape index (κ1) is 5.36. The molecule has 0 aromatic heterocycles. The van der Waals surface area contributed by atoms with Crippen molar-refractivity contribution in [2.24, 2.45) is 5.41 Å². The Kier molecular flexibility index (Phi) is 0.719. The predicted octanol–water partition coefficient (Wildman–Crippen LogP) is 2.34. The molecule has 0 N–H and O–H groups in total. The van der Waals surface area contributed by atoms with Crippen LogP contribution in [0, 0.1) is 11.5 Å². The van der Waals surface area contributed by atoms with E-state index in [-0.39, 0.29) is 5.41 Å². The third-order valence-electron chi connectivity index (χ3n) is 2.54. The number of allylic oxidation sites excluding steroid dienone is 10. The van der Waals surface area contributed by atoms with Gasteiger partial charge in [0, 0.05) is 0 Å². The van der Waals surface area contributed by atoms with Crippen LogP contribution in [0.25, 0.3) is 0 Å². The maximum atomic E-state index is 3.32. The molecule has 1 atom stereocenters. The molecule has 0 heterocycles. The second kappa shape index (κ2) is 1.48. The van der Waals surface area contributed by atoms with E-state index in [0.29, 0.717) is 0 Å². The minimum absolute atomic E-state index is 0.0781. The number of hydrogen-bond donors (Lipinski definition) is 0. The van der Waals surface area contributed by atoms with E-state index in [4.69, 9.17) is 0 Å². The average molecular weight is 139 g/mol. The number of hydrogen-bond acceptors (Lipinski definition) is 0. The zero-order chi connectivity index (χ0) is 7.31. The van der Waals surface area contributed by atoms with E-state index in [2.05, 4.69) is 48.6 Å². The molecular formula is C11H7. The van der Waals surface area contributed by atoms with Crippen LogP contribution >= 0.6 is 0 Å². The molecule has 51 valence electrons. The SMILES string of the molecule is [C]1=CC2=CC=C3C=CC=CC123. The van der Waals surface area contributed by atoms with Gasteiger partial charge in [-0.25, -0.2) is 0 Å². The topological polar surface area (TPSA) is 0 Å². The van der Waals surface area contributed by atoms with E-state index in [1.54, 1.807) is 0 Å². The van der Waals surface area contributed by atoms with Crippen molar-refractivity contribution in [2.45, 2.75) is 0 Å². The summed E-state index contributed by atoms with van der Waals surface area (Å²) < 4.78 is 0. The Balaban J connectivity index is 2.28. The Hall–Kier alpha value is -1.30. The highest BCUT2D eigenvalue weighted by Gasteiger charge is 2.40. The summed E-state index contributed by atoms with van der Waals surface area (Å²) in [6.07, 6.45) is 18.3. The van der Waals surface area contributed by atoms with Crippen LogP contribution < -0.4 is 0 Å². The van der Waals surface area contributed by atoms with Gasteiger partial charge in [0.25, 0.3) is 0 Å². The van der Waals surface area contributed by atoms with Crippen LogP contribution in [0.1, 0.15) is 0 Å². The van der Waals surface area contributed by atoms with Crippen molar-refractivity contribution in [1.82, 2.24) is 0 Å². The molecule has 0 bridgehead atoms. The summed E-state index contributed by atoms with van der Waals surface area (Å²) in [5, 5.41) is 0. The molecule has 11 heavy (non-hydrogen) atoms. The maximum absolute atomic E-state index is 3.32. The second-order valence-electron chi connectivity index (χ2n) is 3.06. The van der Waals surface area contributed by atoms with Crippen LogP contribution in [-0.4, -0.2) is 0 Å². The third-order valence-corrected chi connectivity index (χ3v) is 2.54. The summed E-state index contributed by atoms with van der Waals surface area (Å²) >= 11 is 0. The van der Waals surface area contributed by atoms with E-state index in [9.17, 15) is 0 Å². The van der Waals surface area contributed by atoms with Gasteiger partial charge in [-0.15, -0.1) is 0 Å². The molecular weight excluding hydrogens is 132 g/mol. The zero-order valence-corrected chi connectivity index (χ0v) is 6.04. The van der Waals surface area contributed by atoms with Crippen molar-refractivity contribution >= 4 is 0 Å². The third kappa shape index (κ3) is 0.443. The van der Waals surface area contributed by atoms with Gasteiger partial charge >= 0.3 is 0 Å². The van der Waals surface area contributed by atoms with Crippen LogP contribution in [0.5, 0.6) is 0 Å². The minimum atomic E-state index is 0.0781. The Morgan fingerprint density at radius 2 is 2.00 bits per heavy atom. The maximum Gasteiger partial charge on any atom is 0.0638 e. The smallest absolute Gasteiger partial charge is 0.0638 e. The quantitative estimate of drug-likeness (QED) is 0.483. The summed E-state index contributed by atoms with van der Waals surface area (Å²) in [7, 11) is 0. The van der Waals surface area contributed by atoms with E-state index < -0.39 is 0 Å². The van der Waals surface area contributed by atoms with Crippen molar-refractivity contribution in [3.63, 3.8) is 0 Å². The Labute approximate surface area is 65.9 Å². The lowest BCUT2D eigenvalue weighted by atomic mass is 9.68. The van der Waals surface area contributed by atoms with Gasteiger partial charge in [-0.1, -0.05) is 42.5 Å². The van der Waals surface area contributed by atoms with Gasteiger partial charge in [-0.05, 0) is 17.2 Å². The van der Waals surface area contributed by atoms with E-state index in [0.717, 1.165) is 0 Å². The largest absolute Gasteiger partial charge is 0.0652 e. The molecule has 3 rings (SSSR count). The van der Waals surface area contributed by atoms with Crippen LogP contribution in [-0.2, 0) is 0 Å². The molecule has 1 spiro atoms. The zero-order valence-electron chi connectivity index (χ0n) is 6.04. The lowest BCUT2D eigenvalue weighted by Gasteiger charge is -2.34. The van der Waals surface area contributed by atoms with Gasteiger partial charge in [0.05, 0.1) is 5.41 Å². The summed E-state index contributed by atoms with van der Waals surface area (Å²) in [6.45, 7) is 0. The lowest BCUT2D eigenvalue weighted by Crippen LogP contribution is -2.24. The predicted molar refractivity (Wildman–Crippen MR) is 44.7 cm³/mol. The van der Waals surface area contributed by atoms with Crippen molar-refractivity contribution in [2.75, 3.05) is 0 Å². The van der Waals surface area contributed by atoms with Gasteiger partial charge in [0.2, 0.25) is 0 Å². The molecule has 1 radical (unpaired) electrons. The molecule has 1 unspecified atom stereocenters. The normalized spacial score (nSPS) is 35.6.